The van der Waals surface area contributed by atoms with Gasteiger partial charge in [0.15, 0.2) is 0 Å². The SMILES string of the molecule is [2H]c1c([2H])c(N2C([2H])([2H])C([2H])([2H])C([2H])([2H])C2([2H])[2H])c([2H])c(OC([2H])([2H])[2H])c1Br. The Labute approximate surface area is 113 Å². The molecule has 76 valence electrons. The van der Waals surface area contributed by atoms with E-state index in [4.69, 9.17) is 19.2 Å². The van der Waals surface area contributed by atoms with Gasteiger partial charge >= 0.3 is 0 Å². The lowest BCUT2D eigenvalue weighted by Gasteiger charge is -2.18. The first-order chi connectivity index (χ1) is 12.2. The van der Waals surface area contributed by atoms with Crippen LogP contribution in [0.2, 0.25) is 0 Å². The Morgan fingerprint density at radius 2 is 2.36 bits per heavy atom. The van der Waals surface area contributed by atoms with Crippen molar-refractivity contribution in [3.63, 3.8) is 0 Å². The van der Waals surface area contributed by atoms with Crippen LogP contribution < -0.4 is 9.64 Å². The molecule has 1 aliphatic heterocycles. The molecule has 0 unspecified atom stereocenters. The molecule has 0 bridgehead atoms. The lowest BCUT2D eigenvalue weighted by Crippen LogP contribution is -2.17. The number of halogens is 1. The molecule has 0 aromatic heterocycles. The maximum absolute atomic E-state index is 8.15. The zero-order chi connectivity index (χ0) is 22.2. The Balaban J connectivity index is 2.92. The molecular formula is C11H14BrNO. The fourth-order valence-electron chi connectivity index (χ4n) is 0.854. The van der Waals surface area contributed by atoms with E-state index in [1.165, 1.54) is 0 Å². The Hall–Kier alpha value is -0.700. The molecule has 1 aromatic rings. The first kappa shape index (κ1) is 2.51. The van der Waals surface area contributed by atoms with E-state index >= 15 is 0 Å². The number of ether oxygens (including phenoxy) is 1. The summed E-state index contributed by atoms with van der Waals surface area (Å²) < 4.78 is 113. The average molecular weight is 270 g/mol. The van der Waals surface area contributed by atoms with Gasteiger partial charge < -0.3 is 9.64 Å². The van der Waals surface area contributed by atoms with Crippen LogP contribution in [0.25, 0.3) is 0 Å². The monoisotopic (exact) mass is 269 g/mol. The predicted octanol–water partition coefficient (Wildman–Crippen LogP) is 3.06. The molecule has 0 atom stereocenters. The normalized spacial score (nSPS) is 45.9. The minimum absolute atomic E-state index is 0.0679. The fourth-order valence-corrected chi connectivity index (χ4v) is 1.13. The third-order valence-electron chi connectivity index (χ3n) is 1.45. The molecule has 1 fully saturated rings. The van der Waals surface area contributed by atoms with Crippen molar-refractivity contribution >= 4 is 21.6 Å². The topological polar surface area (TPSA) is 12.5 Å². The molecule has 0 saturated carbocycles. The second kappa shape index (κ2) is 4.22. The van der Waals surface area contributed by atoms with Crippen LogP contribution >= 0.6 is 15.9 Å². The van der Waals surface area contributed by atoms with Crippen molar-refractivity contribution < 1.29 is 23.9 Å². The van der Waals surface area contributed by atoms with Crippen molar-refractivity contribution in [2.75, 3.05) is 24.9 Å². The smallest absolute Gasteiger partial charge is 0.135 e. The van der Waals surface area contributed by atoms with E-state index in [1.54, 1.807) is 0 Å². The summed E-state index contributed by atoms with van der Waals surface area (Å²) in [5, 5.41) is 0. The predicted molar refractivity (Wildman–Crippen MR) is 62.1 cm³/mol. The van der Waals surface area contributed by atoms with Crippen molar-refractivity contribution in [1.29, 1.82) is 0 Å². The van der Waals surface area contributed by atoms with E-state index < -0.39 is 66.8 Å². The van der Waals surface area contributed by atoms with Gasteiger partial charge in [0.1, 0.15) is 5.75 Å². The number of methoxy groups -OCH3 is 1. The van der Waals surface area contributed by atoms with Gasteiger partial charge in [0.2, 0.25) is 0 Å². The quantitative estimate of drug-likeness (QED) is 0.819. The number of nitrogens with zero attached hydrogens (tertiary/aromatic N) is 1. The van der Waals surface area contributed by atoms with Crippen molar-refractivity contribution in [2.45, 2.75) is 12.7 Å². The van der Waals surface area contributed by atoms with E-state index in [0.717, 1.165) is 0 Å². The van der Waals surface area contributed by atoms with Gasteiger partial charge in [-0.05, 0) is 40.8 Å². The van der Waals surface area contributed by atoms with Crippen LogP contribution in [0.15, 0.2) is 22.6 Å². The molecule has 1 heterocycles. The van der Waals surface area contributed by atoms with Crippen LogP contribution in [-0.2, 0) is 0 Å². The zero-order valence-electron chi connectivity index (χ0n) is 20.7. The van der Waals surface area contributed by atoms with Crippen LogP contribution in [0.1, 0.15) is 31.9 Å². The van der Waals surface area contributed by atoms with Crippen molar-refractivity contribution in [3.05, 3.63) is 22.6 Å². The molecule has 0 radical (unpaired) electrons. The van der Waals surface area contributed by atoms with E-state index in [2.05, 4.69) is 20.7 Å². The van der Waals surface area contributed by atoms with Gasteiger partial charge in [-0.15, -0.1) is 0 Å². The highest BCUT2D eigenvalue weighted by Gasteiger charge is 2.13. The summed E-state index contributed by atoms with van der Waals surface area (Å²) in [6.07, 6.45) is -6.86. The van der Waals surface area contributed by atoms with E-state index in [9.17, 15) is 0 Å². The Morgan fingerprint density at radius 3 is 3.07 bits per heavy atom. The highest BCUT2D eigenvalue weighted by atomic mass is 79.9. The Morgan fingerprint density at radius 1 is 1.57 bits per heavy atom. The molecule has 1 aromatic carbocycles. The Bertz CT molecular complexity index is 793. The van der Waals surface area contributed by atoms with Crippen molar-refractivity contribution in [1.82, 2.24) is 0 Å². The molecule has 0 N–H and O–H groups in total. The van der Waals surface area contributed by atoms with E-state index in [0.29, 0.717) is 0 Å². The van der Waals surface area contributed by atoms with Crippen molar-refractivity contribution in [2.24, 2.45) is 0 Å². The molecule has 0 amide bonds. The average Bonchev–Trinajstić information content (AvgIpc) is 2.57. The first-order valence-corrected chi connectivity index (χ1v) is 4.31. The summed E-state index contributed by atoms with van der Waals surface area (Å²) in [5.74, 6) is -0.810. The van der Waals surface area contributed by atoms with Gasteiger partial charge in [-0.2, -0.15) is 0 Å². The summed E-state index contributed by atoms with van der Waals surface area (Å²) in [6, 6.07) is -2.72. The van der Waals surface area contributed by atoms with Gasteiger partial charge in [0.05, 0.1) is 19.7 Å². The third-order valence-corrected chi connectivity index (χ3v) is 2.00. The molecule has 2 rings (SSSR count). The number of hydrogen-bond acceptors (Lipinski definition) is 2. The van der Waals surface area contributed by atoms with Crippen LogP contribution in [0.4, 0.5) is 5.69 Å². The second-order valence-corrected chi connectivity index (χ2v) is 3.07. The fraction of sp³-hybridized carbons (Fsp3) is 0.455. The minimum atomic E-state index is -3.43. The molecule has 0 aliphatic carbocycles. The number of rotatable bonds is 2. The van der Waals surface area contributed by atoms with Gasteiger partial charge in [-0.1, -0.05) is 0 Å². The molecule has 1 aliphatic rings. The number of benzene rings is 1. The number of anilines is 1. The molecule has 2 nitrogen and oxygen atoms in total. The van der Waals surface area contributed by atoms with Crippen molar-refractivity contribution in [3.8, 4) is 5.75 Å². The van der Waals surface area contributed by atoms with Gasteiger partial charge in [0.25, 0.3) is 0 Å². The second-order valence-electron chi connectivity index (χ2n) is 2.28. The highest BCUT2D eigenvalue weighted by Crippen LogP contribution is 2.30. The maximum Gasteiger partial charge on any atom is 0.135 e. The third kappa shape index (κ3) is 1.87. The summed E-state index contributed by atoms with van der Waals surface area (Å²) >= 11 is 2.82. The molecule has 3 heteroatoms. The minimum Gasteiger partial charge on any atom is -0.495 e. The lowest BCUT2D eigenvalue weighted by molar-refractivity contribution is 0.412. The number of hydrogen-bond donors (Lipinski definition) is 0. The van der Waals surface area contributed by atoms with Gasteiger partial charge in [-0.25, -0.2) is 0 Å². The summed E-state index contributed by atoms with van der Waals surface area (Å²) in [7, 11) is -3.10. The van der Waals surface area contributed by atoms with E-state index in [1.807, 2.05) is 0 Å². The van der Waals surface area contributed by atoms with Crippen LogP contribution in [-0.4, -0.2) is 20.0 Å². The molecule has 0 spiro atoms. The lowest BCUT2D eigenvalue weighted by atomic mass is 10.3. The summed E-state index contributed by atoms with van der Waals surface area (Å²) in [5.41, 5.74) is -1.01. The Kier molecular flexibility index (Phi) is 0.757. The van der Waals surface area contributed by atoms with Gasteiger partial charge in [0, 0.05) is 35.7 Å². The molecule has 14 heavy (non-hydrogen) atoms. The standard InChI is InChI=1S/C11H14BrNO/c1-14-11-8-9(4-5-10(11)12)13-6-2-3-7-13/h4-5,8H,2-3,6-7H2,1H3/i1D3,2D2,3D2,4D,5D,6D2,7D2,8D. The highest BCUT2D eigenvalue weighted by molar-refractivity contribution is 9.10. The maximum atomic E-state index is 8.15. The van der Waals surface area contributed by atoms with Crippen LogP contribution in [0, 0.1) is 0 Å². The summed E-state index contributed by atoms with van der Waals surface area (Å²) in [4.78, 5) is -0.0679. The zero-order valence-corrected chi connectivity index (χ0v) is 8.32. The molecular weight excluding hydrogens is 242 g/mol. The van der Waals surface area contributed by atoms with E-state index in [-0.39, 0.29) is 4.90 Å². The largest absolute Gasteiger partial charge is 0.495 e. The molecule has 1 saturated heterocycles. The summed E-state index contributed by atoms with van der Waals surface area (Å²) in [6.45, 7) is -6.80. The van der Waals surface area contributed by atoms with Crippen LogP contribution in [0.3, 0.4) is 0 Å². The first-order valence-electron chi connectivity index (χ1n) is 10.5. The van der Waals surface area contributed by atoms with Gasteiger partial charge in [-0.3, -0.25) is 0 Å². The van der Waals surface area contributed by atoms with Crippen LogP contribution in [0.5, 0.6) is 5.75 Å².